The Balaban J connectivity index is 1.88. The van der Waals surface area contributed by atoms with Crippen molar-refractivity contribution in [1.82, 2.24) is 9.71 Å². The van der Waals surface area contributed by atoms with E-state index >= 15 is 0 Å². The lowest BCUT2D eigenvalue weighted by atomic mass is 10.3. The first kappa shape index (κ1) is 15.7. The van der Waals surface area contributed by atoms with Gasteiger partial charge in [0, 0.05) is 35.2 Å². The van der Waals surface area contributed by atoms with Gasteiger partial charge in [-0.15, -0.1) is 0 Å². The van der Waals surface area contributed by atoms with E-state index in [-0.39, 0.29) is 18.0 Å². The van der Waals surface area contributed by atoms with Crippen molar-refractivity contribution in [2.75, 3.05) is 18.9 Å². The highest BCUT2D eigenvalue weighted by molar-refractivity contribution is 9.10. The van der Waals surface area contributed by atoms with Crippen LogP contribution >= 0.6 is 15.9 Å². The van der Waals surface area contributed by atoms with Crippen molar-refractivity contribution >= 4 is 31.6 Å². The Morgan fingerprint density at radius 1 is 1.29 bits per heavy atom. The van der Waals surface area contributed by atoms with Crippen LogP contribution in [0.4, 0.5) is 5.69 Å². The molecule has 0 atom stereocenters. The molecule has 0 aliphatic heterocycles. The Morgan fingerprint density at radius 3 is 2.81 bits per heavy atom. The van der Waals surface area contributed by atoms with Crippen LogP contribution in [-0.4, -0.2) is 26.6 Å². The third-order valence-corrected chi connectivity index (χ3v) is 4.37. The number of aromatic nitrogens is 1. The molecule has 6 nitrogen and oxygen atoms in total. The Bertz CT molecular complexity index is 722. The predicted octanol–water partition coefficient (Wildman–Crippen LogP) is 1.78. The highest BCUT2D eigenvalue weighted by atomic mass is 79.9. The molecular formula is C13H14BrN3O3S. The van der Waals surface area contributed by atoms with Gasteiger partial charge in [-0.1, -0.05) is 6.07 Å². The van der Waals surface area contributed by atoms with Gasteiger partial charge in [-0.2, -0.15) is 0 Å². The number of nitrogens with one attached hydrogen (secondary N) is 1. The summed E-state index contributed by atoms with van der Waals surface area (Å²) in [5.41, 5.74) is 6.21. The van der Waals surface area contributed by atoms with E-state index in [1.54, 1.807) is 24.3 Å². The van der Waals surface area contributed by atoms with Crippen molar-refractivity contribution in [3.05, 3.63) is 47.2 Å². The number of hydrogen-bond acceptors (Lipinski definition) is 5. The average Bonchev–Trinajstić information content (AvgIpc) is 2.44. The van der Waals surface area contributed by atoms with Crippen molar-refractivity contribution in [3.8, 4) is 5.75 Å². The van der Waals surface area contributed by atoms with E-state index in [2.05, 4.69) is 25.6 Å². The Morgan fingerprint density at radius 2 is 2.10 bits per heavy atom. The molecule has 0 spiro atoms. The van der Waals surface area contributed by atoms with Gasteiger partial charge in [-0.25, -0.2) is 13.1 Å². The topological polar surface area (TPSA) is 94.3 Å². The molecule has 0 amide bonds. The third kappa shape index (κ3) is 4.69. The molecule has 1 aromatic carbocycles. The van der Waals surface area contributed by atoms with Crippen LogP contribution in [0.3, 0.4) is 0 Å². The number of ether oxygens (including phenoxy) is 1. The summed E-state index contributed by atoms with van der Waals surface area (Å²) in [6, 6.07) is 8.42. The average molecular weight is 372 g/mol. The number of halogens is 1. The van der Waals surface area contributed by atoms with Gasteiger partial charge in [0.2, 0.25) is 10.0 Å². The third-order valence-electron chi connectivity index (χ3n) is 2.51. The molecule has 2 rings (SSSR count). The van der Waals surface area contributed by atoms with Gasteiger partial charge in [0.1, 0.15) is 17.3 Å². The van der Waals surface area contributed by atoms with E-state index in [1.165, 1.54) is 18.5 Å². The SMILES string of the molecule is Nc1cccc(OCCNS(=O)(=O)c2cncc(Br)c2)c1. The second-order valence-electron chi connectivity index (χ2n) is 4.16. The second kappa shape index (κ2) is 6.88. The molecule has 0 aliphatic carbocycles. The summed E-state index contributed by atoms with van der Waals surface area (Å²) in [7, 11) is -3.59. The van der Waals surface area contributed by atoms with E-state index < -0.39 is 10.0 Å². The van der Waals surface area contributed by atoms with Crippen molar-refractivity contribution in [2.24, 2.45) is 0 Å². The maximum atomic E-state index is 12.0. The normalized spacial score (nSPS) is 11.3. The van der Waals surface area contributed by atoms with Gasteiger partial charge >= 0.3 is 0 Å². The predicted molar refractivity (Wildman–Crippen MR) is 83.5 cm³/mol. The lowest BCUT2D eigenvalue weighted by Crippen LogP contribution is -2.28. The van der Waals surface area contributed by atoms with Gasteiger partial charge < -0.3 is 10.5 Å². The van der Waals surface area contributed by atoms with Gasteiger partial charge in [0.05, 0.1) is 0 Å². The molecule has 1 heterocycles. The fraction of sp³-hybridized carbons (Fsp3) is 0.154. The Labute approximate surface area is 131 Å². The molecular weight excluding hydrogens is 358 g/mol. The summed E-state index contributed by atoms with van der Waals surface area (Å²) in [6.07, 6.45) is 2.80. The number of sulfonamides is 1. The number of nitrogens with two attached hydrogens (primary N) is 1. The van der Waals surface area contributed by atoms with Crippen LogP contribution in [-0.2, 0) is 10.0 Å². The maximum absolute atomic E-state index is 12.0. The summed E-state index contributed by atoms with van der Waals surface area (Å²) in [6.45, 7) is 0.341. The van der Waals surface area contributed by atoms with Crippen molar-refractivity contribution in [3.63, 3.8) is 0 Å². The minimum Gasteiger partial charge on any atom is -0.492 e. The molecule has 2 aromatic rings. The van der Waals surface area contributed by atoms with E-state index in [4.69, 9.17) is 10.5 Å². The van der Waals surface area contributed by atoms with Gasteiger partial charge in [0.25, 0.3) is 0 Å². The van der Waals surface area contributed by atoms with E-state index in [9.17, 15) is 8.42 Å². The van der Waals surface area contributed by atoms with Crippen molar-refractivity contribution in [1.29, 1.82) is 0 Å². The lowest BCUT2D eigenvalue weighted by Gasteiger charge is -2.09. The number of nitrogen functional groups attached to an aromatic ring is 1. The van der Waals surface area contributed by atoms with E-state index in [1.807, 2.05) is 0 Å². The van der Waals surface area contributed by atoms with Crippen LogP contribution in [0.1, 0.15) is 0 Å². The molecule has 0 saturated carbocycles. The molecule has 0 unspecified atom stereocenters. The van der Waals surface area contributed by atoms with E-state index in [0.717, 1.165) is 0 Å². The summed E-state index contributed by atoms with van der Waals surface area (Å²) >= 11 is 3.18. The van der Waals surface area contributed by atoms with E-state index in [0.29, 0.717) is 15.9 Å². The fourth-order valence-corrected chi connectivity index (χ4v) is 3.09. The van der Waals surface area contributed by atoms with Gasteiger partial charge in [-0.3, -0.25) is 4.98 Å². The summed E-state index contributed by atoms with van der Waals surface area (Å²) < 4.78 is 32.5. The Kier molecular flexibility index (Phi) is 5.16. The van der Waals surface area contributed by atoms with Crippen LogP contribution in [0.25, 0.3) is 0 Å². The second-order valence-corrected chi connectivity index (χ2v) is 6.84. The number of benzene rings is 1. The molecule has 112 valence electrons. The molecule has 1 aromatic heterocycles. The smallest absolute Gasteiger partial charge is 0.242 e. The van der Waals surface area contributed by atoms with Crippen LogP contribution in [0.15, 0.2) is 52.1 Å². The maximum Gasteiger partial charge on any atom is 0.242 e. The quantitative estimate of drug-likeness (QED) is 0.596. The molecule has 0 saturated heterocycles. The molecule has 0 aliphatic rings. The molecule has 0 radical (unpaired) electrons. The van der Waals surface area contributed by atoms with Crippen LogP contribution in [0.5, 0.6) is 5.75 Å². The highest BCUT2D eigenvalue weighted by Gasteiger charge is 2.14. The summed E-state index contributed by atoms with van der Waals surface area (Å²) in [4.78, 5) is 3.92. The van der Waals surface area contributed by atoms with Crippen LogP contribution < -0.4 is 15.2 Å². The molecule has 8 heteroatoms. The monoisotopic (exact) mass is 371 g/mol. The molecule has 3 N–H and O–H groups in total. The van der Waals surface area contributed by atoms with Gasteiger partial charge in [-0.05, 0) is 34.1 Å². The first-order valence-electron chi connectivity index (χ1n) is 6.06. The first-order valence-corrected chi connectivity index (χ1v) is 8.33. The van der Waals surface area contributed by atoms with Crippen molar-refractivity contribution < 1.29 is 13.2 Å². The molecule has 21 heavy (non-hydrogen) atoms. The van der Waals surface area contributed by atoms with Crippen molar-refractivity contribution in [2.45, 2.75) is 4.90 Å². The summed E-state index contributed by atoms with van der Waals surface area (Å²) in [5.74, 6) is 0.596. The largest absolute Gasteiger partial charge is 0.492 e. The number of anilines is 1. The Hall–Kier alpha value is -1.64. The zero-order valence-electron chi connectivity index (χ0n) is 11.0. The van der Waals surface area contributed by atoms with Crippen LogP contribution in [0, 0.1) is 0 Å². The lowest BCUT2D eigenvalue weighted by molar-refractivity contribution is 0.323. The standard InChI is InChI=1S/C13H14BrN3O3S/c14-10-6-13(9-16-8-10)21(18,19)17-4-5-20-12-3-1-2-11(15)7-12/h1-3,6-9,17H,4-5,15H2. The molecule has 0 fully saturated rings. The minimum atomic E-state index is -3.59. The summed E-state index contributed by atoms with van der Waals surface area (Å²) in [5, 5.41) is 0. The number of pyridine rings is 1. The number of nitrogens with zero attached hydrogens (tertiary/aromatic N) is 1. The minimum absolute atomic E-state index is 0.0980. The highest BCUT2D eigenvalue weighted by Crippen LogP contribution is 2.15. The number of rotatable bonds is 6. The van der Waals surface area contributed by atoms with Gasteiger partial charge in [0.15, 0.2) is 0 Å². The molecule has 0 bridgehead atoms. The fourth-order valence-electron chi connectivity index (χ4n) is 1.57. The first-order chi connectivity index (χ1) is 9.97. The zero-order valence-corrected chi connectivity index (χ0v) is 13.4. The van der Waals surface area contributed by atoms with Crippen LogP contribution in [0.2, 0.25) is 0 Å². The zero-order chi connectivity index (χ0) is 15.3. The number of hydrogen-bond donors (Lipinski definition) is 2.